The summed E-state index contributed by atoms with van der Waals surface area (Å²) in [5.74, 6) is -0.174. The van der Waals surface area contributed by atoms with Crippen LogP contribution in [0.1, 0.15) is 61.0 Å². The molecule has 0 heterocycles. The number of amides is 1. The molecule has 1 unspecified atom stereocenters. The van der Waals surface area contributed by atoms with Crippen LogP contribution in [0.25, 0.3) is 0 Å². The van der Waals surface area contributed by atoms with Crippen molar-refractivity contribution in [2.75, 3.05) is 7.05 Å². The molecule has 0 aliphatic carbocycles. The number of benzene rings is 2. The van der Waals surface area contributed by atoms with Gasteiger partial charge in [-0.05, 0) is 53.6 Å². The van der Waals surface area contributed by atoms with Crippen LogP contribution < -0.4 is 5.32 Å². The molecule has 0 aliphatic rings. The molecular formula is C21H26FNO. The van der Waals surface area contributed by atoms with Crippen LogP contribution in [0.4, 0.5) is 4.39 Å². The Bertz CT molecular complexity index is 686. The first-order valence-corrected chi connectivity index (χ1v) is 8.37. The van der Waals surface area contributed by atoms with E-state index in [9.17, 15) is 9.18 Å². The number of halogens is 1. The van der Waals surface area contributed by atoms with Crippen molar-refractivity contribution in [2.45, 2.75) is 39.5 Å². The number of carbonyl (C=O) groups excluding carboxylic acids is 1. The number of hydrogen-bond donors (Lipinski definition) is 1. The Hall–Kier alpha value is -2.16. The highest BCUT2D eigenvalue weighted by molar-refractivity contribution is 5.94. The average Bonchev–Trinajstić information content (AvgIpc) is 2.55. The summed E-state index contributed by atoms with van der Waals surface area (Å²) in [6.45, 7) is 6.65. The average molecular weight is 327 g/mol. The molecule has 2 aromatic rings. The maximum atomic E-state index is 13.3. The lowest BCUT2D eigenvalue weighted by atomic mass is 9.81. The first-order valence-electron chi connectivity index (χ1n) is 8.37. The van der Waals surface area contributed by atoms with E-state index in [1.54, 1.807) is 7.05 Å². The molecule has 0 spiro atoms. The fraction of sp³-hybridized carbons (Fsp3) is 0.381. The summed E-state index contributed by atoms with van der Waals surface area (Å²) in [6.07, 6.45) is 1.99. The van der Waals surface area contributed by atoms with Gasteiger partial charge in [0.2, 0.25) is 0 Å². The van der Waals surface area contributed by atoms with Crippen molar-refractivity contribution in [3.05, 3.63) is 71.0 Å². The molecule has 3 heteroatoms. The maximum Gasteiger partial charge on any atom is 0.251 e. The highest BCUT2D eigenvalue weighted by Crippen LogP contribution is 2.34. The third-order valence-corrected chi connectivity index (χ3v) is 4.23. The van der Waals surface area contributed by atoms with Crippen molar-refractivity contribution >= 4 is 5.91 Å². The summed E-state index contributed by atoms with van der Waals surface area (Å²) in [6, 6.07) is 14.4. The lowest BCUT2D eigenvalue weighted by molar-refractivity contribution is 0.0963. The van der Waals surface area contributed by atoms with Crippen LogP contribution in [-0.2, 0) is 0 Å². The van der Waals surface area contributed by atoms with E-state index >= 15 is 0 Å². The molecule has 0 radical (unpaired) electrons. The maximum absolute atomic E-state index is 13.3. The Kier molecular flexibility index (Phi) is 5.76. The molecule has 1 amide bonds. The first kappa shape index (κ1) is 18.2. The van der Waals surface area contributed by atoms with Crippen LogP contribution in [0.3, 0.4) is 0 Å². The highest BCUT2D eigenvalue weighted by Gasteiger charge is 2.19. The lowest BCUT2D eigenvalue weighted by Crippen LogP contribution is -2.18. The fourth-order valence-corrected chi connectivity index (χ4v) is 2.84. The Balaban J connectivity index is 2.38. The van der Waals surface area contributed by atoms with Crippen LogP contribution in [0.15, 0.2) is 48.5 Å². The number of rotatable bonds is 5. The van der Waals surface area contributed by atoms with Crippen LogP contribution in [0, 0.1) is 11.2 Å². The van der Waals surface area contributed by atoms with E-state index in [0.29, 0.717) is 5.56 Å². The Labute approximate surface area is 144 Å². The second-order valence-corrected chi connectivity index (χ2v) is 7.41. The quantitative estimate of drug-likeness (QED) is 0.809. The zero-order valence-electron chi connectivity index (χ0n) is 14.9. The zero-order valence-corrected chi connectivity index (χ0v) is 14.9. The molecule has 0 fully saturated rings. The van der Waals surface area contributed by atoms with E-state index < -0.39 is 0 Å². The molecule has 2 nitrogen and oxygen atoms in total. The third-order valence-electron chi connectivity index (χ3n) is 4.23. The van der Waals surface area contributed by atoms with E-state index in [4.69, 9.17) is 0 Å². The summed E-state index contributed by atoms with van der Waals surface area (Å²) >= 11 is 0. The molecule has 24 heavy (non-hydrogen) atoms. The second kappa shape index (κ2) is 7.61. The van der Waals surface area contributed by atoms with Gasteiger partial charge in [0.05, 0.1) is 0 Å². The summed E-state index contributed by atoms with van der Waals surface area (Å²) < 4.78 is 13.3. The summed E-state index contributed by atoms with van der Waals surface area (Å²) in [7, 11) is 1.63. The summed E-state index contributed by atoms with van der Waals surface area (Å²) in [4.78, 5) is 11.9. The van der Waals surface area contributed by atoms with Crippen molar-refractivity contribution in [1.82, 2.24) is 5.32 Å². The number of nitrogens with one attached hydrogen (secondary N) is 1. The zero-order chi connectivity index (χ0) is 17.7. The molecule has 128 valence electrons. The Morgan fingerprint density at radius 1 is 1.08 bits per heavy atom. The molecule has 0 bridgehead atoms. The van der Waals surface area contributed by atoms with Crippen molar-refractivity contribution in [3.8, 4) is 0 Å². The van der Waals surface area contributed by atoms with Gasteiger partial charge in [-0.1, -0.05) is 45.0 Å². The predicted octanol–water partition coefficient (Wildman–Crippen LogP) is 5.14. The van der Waals surface area contributed by atoms with Gasteiger partial charge in [-0.2, -0.15) is 0 Å². The van der Waals surface area contributed by atoms with Gasteiger partial charge in [-0.3, -0.25) is 4.79 Å². The predicted molar refractivity (Wildman–Crippen MR) is 96.8 cm³/mol. The largest absolute Gasteiger partial charge is 0.355 e. The minimum Gasteiger partial charge on any atom is -0.355 e. The van der Waals surface area contributed by atoms with Gasteiger partial charge in [-0.15, -0.1) is 0 Å². The van der Waals surface area contributed by atoms with Gasteiger partial charge in [-0.25, -0.2) is 4.39 Å². The topological polar surface area (TPSA) is 29.1 Å². The van der Waals surface area contributed by atoms with Crippen molar-refractivity contribution in [3.63, 3.8) is 0 Å². The van der Waals surface area contributed by atoms with Gasteiger partial charge in [0, 0.05) is 18.5 Å². The normalized spacial score (nSPS) is 12.7. The molecule has 2 aromatic carbocycles. The van der Waals surface area contributed by atoms with Gasteiger partial charge in [0.25, 0.3) is 5.91 Å². The molecule has 1 atom stereocenters. The van der Waals surface area contributed by atoms with E-state index in [1.165, 1.54) is 12.1 Å². The molecule has 2 rings (SSSR count). The van der Waals surface area contributed by atoms with Crippen LogP contribution >= 0.6 is 0 Å². The lowest BCUT2D eigenvalue weighted by Gasteiger charge is -2.24. The van der Waals surface area contributed by atoms with Crippen molar-refractivity contribution < 1.29 is 9.18 Å². The minimum atomic E-state index is -0.229. The first-order chi connectivity index (χ1) is 11.3. The molecular weight excluding hydrogens is 301 g/mol. The number of carbonyl (C=O) groups is 1. The van der Waals surface area contributed by atoms with E-state index in [0.717, 1.165) is 24.0 Å². The molecule has 0 saturated carbocycles. The minimum absolute atomic E-state index is 0.0921. The molecule has 0 saturated heterocycles. The van der Waals surface area contributed by atoms with Crippen molar-refractivity contribution in [1.29, 1.82) is 0 Å². The van der Waals surface area contributed by atoms with Gasteiger partial charge < -0.3 is 5.32 Å². The fourth-order valence-electron chi connectivity index (χ4n) is 2.84. The van der Waals surface area contributed by atoms with Gasteiger partial charge in [0.1, 0.15) is 5.82 Å². The third kappa shape index (κ3) is 4.92. The van der Waals surface area contributed by atoms with Crippen molar-refractivity contribution in [2.24, 2.45) is 5.41 Å². The van der Waals surface area contributed by atoms with Gasteiger partial charge >= 0.3 is 0 Å². The smallest absolute Gasteiger partial charge is 0.251 e. The highest BCUT2D eigenvalue weighted by atomic mass is 19.1. The summed E-state index contributed by atoms with van der Waals surface area (Å²) in [5.41, 5.74) is 3.04. The molecule has 1 N–H and O–H groups in total. The van der Waals surface area contributed by atoms with Crippen LogP contribution in [-0.4, -0.2) is 13.0 Å². The molecule has 0 aliphatic heterocycles. The Morgan fingerprint density at radius 3 is 2.33 bits per heavy atom. The molecule has 0 aromatic heterocycles. The van der Waals surface area contributed by atoms with E-state index in [-0.39, 0.29) is 23.1 Å². The van der Waals surface area contributed by atoms with Crippen LogP contribution in [0.5, 0.6) is 0 Å². The van der Waals surface area contributed by atoms with Gasteiger partial charge in [0.15, 0.2) is 0 Å². The van der Waals surface area contributed by atoms with E-state index in [2.05, 4.69) is 26.1 Å². The second-order valence-electron chi connectivity index (χ2n) is 7.41. The van der Waals surface area contributed by atoms with E-state index in [1.807, 2.05) is 36.4 Å². The monoisotopic (exact) mass is 327 g/mol. The number of hydrogen-bond acceptors (Lipinski definition) is 1. The standard InChI is InChI=1S/C21H26FNO/c1-21(2,3)13-12-19(15-8-10-18(22)11-9-15)16-6-5-7-17(14-16)20(24)23-4/h5-11,14,19H,12-13H2,1-4H3,(H,23,24). The summed E-state index contributed by atoms with van der Waals surface area (Å²) in [5, 5.41) is 2.66. The van der Waals surface area contributed by atoms with Crippen LogP contribution in [0.2, 0.25) is 0 Å². The SMILES string of the molecule is CNC(=O)c1cccc(C(CCC(C)(C)C)c2ccc(F)cc2)c1. The Morgan fingerprint density at radius 2 is 1.75 bits per heavy atom.